The monoisotopic (exact) mass is 400 g/mol. The Balaban J connectivity index is 1.71. The number of nitrogens with zero attached hydrogens (tertiary/aromatic N) is 1. The number of hydrogen-bond donors (Lipinski definition) is 1. The number of methoxy groups -OCH3 is 2. The summed E-state index contributed by atoms with van der Waals surface area (Å²) in [4.78, 5) is 12.7. The Morgan fingerprint density at radius 3 is 2.61 bits per heavy atom. The van der Waals surface area contributed by atoms with Crippen molar-refractivity contribution < 1.29 is 18.8 Å². The molecule has 3 rings (SSSR count). The normalized spacial score (nSPS) is 10.6. The molecule has 28 heavy (non-hydrogen) atoms. The quantitative estimate of drug-likeness (QED) is 0.640. The van der Waals surface area contributed by atoms with Crippen molar-refractivity contribution in [3.63, 3.8) is 0 Å². The SMILES string of the molecule is COc1ccc(CCNC(=O)c2noc(C)c2-c2ccccc2Cl)cc1OC. The van der Waals surface area contributed by atoms with E-state index in [0.717, 1.165) is 5.56 Å². The maximum atomic E-state index is 12.7. The summed E-state index contributed by atoms with van der Waals surface area (Å²) in [6, 6.07) is 12.9. The van der Waals surface area contributed by atoms with E-state index in [0.29, 0.717) is 46.4 Å². The Morgan fingerprint density at radius 1 is 1.14 bits per heavy atom. The zero-order valence-electron chi connectivity index (χ0n) is 15.9. The highest BCUT2D eigenvalue weighted by Crippen LogP contribution is 2.33. The molecule has 1 heterocycles. The third kappa shape index (κ3) is 4.12. The third-order valence-electron chi connectivity index (χ3n) is 4.37. The summed E-state index contributed by atoms with van der Waals surface area (Å²) in [5.74, 6) is 1.54. The highest BCUT2D eigenvalue weighted by atomic mass is 35.5. The van der Waals surface area contributed by atoms with Gasteiger partial charge in [0.15, 0.2) is 17.2 Å². The topological polar surface area (TPSA) is 73.6 Å². The van der Waals surface area contributed by atoms with E-state index in [2.05, 4.69) is 10.5 Å². The van der Waals surface area contributed by atoms with Crippen molar-refractivity contribution in [1.29, 1.82) is 0 Å². The number of benzene rings is 2. The lowest BCUT2D eigenvalue weighted by molar-refractivity contribution is 0.0945. The average molecular weight is 401 g/mol. The van der Waals surface area contributed by atoms with Crippen LogP contribution < -0.4 is 14.8 Å². The molecular weight excluding hydrogens is 380 g/mol. The van der Waals surface area contributed by atoms with Crippen molar-refractivity contribution in [3.05, 3.63) is 64.5 Å². The van der Waals surface area contributed by atoms with Gasteiger partial charge >= 0.3 is 0 Å². The standard InChI is InChI=1S/C21H21ClN2O4/c1-13-19(15-6-4-5-7-16(15)22)20(24-28-13)21(25)23-11-10-14-8-9-17(26-2)18(12-14)27-3/h4-9,12H,10-11H2,1-3H3,(H,23,25). The summed E-state index contributed by atoms with van der Waals surface area (Å²) in [6.45, 7) is 2.19. The first-order valence-electron chi connectivity index (χ1n) is 8.75. The van der Waals surface area contributed by atoms with Crippen LogP contribution in [-0.2, 0) is 6.42 Å². The number of halogens is 1. The van der Waals surface area contributed by atoms with Crippen LogP contribution in [-0.4, -0.2) is 31.8 Å². The predicted octanol–water partition coefficient (Wildman–Crippen LogP) is 4.29. The Kier molecular flexibility index (Phi) is 6.21. The number of carbonyl (C=O) groups is 1. The number of hydrogen-bond acceptors (Lipinski definition) is 5. The number of aryl methyl sites for hydroxylation is 1. The highest BCUT2D eigenvalue weighted by Gasteiger charge is 2.22. The number of ether oxygens (including phenoxy) is 2. The van der Waals surface area contributed by atoms with Gasteiger partial charge in [0.25, 0.3) is 5.91 Å². The molecule has 0 saturated heterocycles. The molecule has 2 aromatic carbocycles. The maximum absolute atomic E-state index is 12.7. The molecule has 0 fully saturated rings. The lowest BCUT2D eigenvalue weighted by atomic mass is 10.0. The molecule has 146 valence electrons. The van der Waals surface area contributed by atoms with Gasteiger partial charge in [-0.2, -0.15) is 0 Å². The number of carbonyl (C=O) groups excluding carboxylic acids is 1. The molecule has 0 radical (unpaired) electrons. The minimum absolute atomic E-state index is 0.220. The van der Waals surface area contributed by atoms with Gasteiger partial charge in [0, 0.05) is 17.1 Å². The number of nitrogens with one attached hydrogen (secondary N) is 1. The van der Waals surface area contributed by atoms with Gasteiger partial charge in [-0.15, -0.1) is 0 Å². The summed E-state index contributed by atoms with van der Waals surface area (Å²) < 4.78 is 15.8. The first kappa shape index (κ1) is 19.8. The zero-order valence-corrected chi connectivity index (χ0v) is 16.7. The molecule has 0 saturated carbocycles. The van der Waals surface area contributed by atoms with E-state index in [1.54, 1.807) is 27.2 Å². The molecule has 0 atom stereocenters. The van der Waals surface area contributed by atoms with Crippen molar-refractivity contribution in [2.75, 3.05) is 20.8 Å². The van der Waals surface area contributed by atoms with E-state index in [1.165, 1.54) is 0 Å². The second kappa shape index (κ2) is 8.80. The molecule has 0 unspecified atom stereocenters. The third-order valence-corrected chi connectivity index (χ3v) is 4.70. The van der Waals surface area contributed by atoms with Crippen molar-refractivity contribution in [2.24, 2.45) is 0 Å². The predicted molar refractivity (Wildman–Crippen MR) is 107 cm³/mol. The summed E-state index contributed by atoms with van der Waals surface area (Å²) in [5, 5.41) is 7.34. The molecular formula is C21H21ClN2O4. The van der Waals surface area contributed by atoms with Gasteiger partial charge in [-0.05, 0) is 37.1 Å². The van der Waals surface area contributed by atoms with Crippen molar-refractivity contribution in [1.82, 2.24) is 10.5 Å². The summed E-state index contributed by atoms with van der Waals surface area (Å²) in [6.07, 6.45) is 0.629. The first-order valence-corrected chi connectivity index (χ1v) is 9.13. The smallest absolute Gasteiger partial charge is 0.274 e. The van der Waals surface area contributed by atoms with Crippen LogP contribution in [0.4, 0.5) is 0 Å². The fourth-order valence-corrected chi connectivity index (χ4v) is 3.18. The van der Waals surface area contributed by atoms with Gasteiger partial charge in [-0.1, -0.05) is 41.0 Å². The lowest BCUT2D eigenvalue weighted by Crippen LogP contribution is -2.26. The fourth-order valence-electron chi connectivity index (χ4n) is 2.95. The molecule has 0 aliphatic rings. The fraction of sp³-hybridized carbons (Fsp3) is 0.238. The molecule has 6 nitrogen and oxygen atoms in total. The molecule has 1 amide bonds. The van der Waals surface area contributed by atoms with Gasteiger partial charge < -0.3 is 19.3 Å². The Bertz CT molecular complexity index is 984. The van der Waals surface area contributed by atoms with Crippen LogP contribution in [0.25, 0.3) is 11.1 Å². The van der Waals surface area contributed by atoms with Crippen molar-refractivity contribution in [3.8, 4) is 22.6 Å². The zero-order chi connectivity index (χ0) is 20.1. The van der Waals surface area contributed by atoms with Gasteiger partial charge in [-0.25, -0.2) is 0 Å². The van der Waals surface area contributed by atoms with Gasteiger partial charge in [-0.3, -0.25) is 4.79 Å². The van der Waals surface area contributed by atoms with E-state index in [9.17, 15) is 4.79 Å². The largest absolute Gasteiger partial charge is 0.493 e. The maximum Gasteiger partial charge on any atom is 0.274 e. The van der Waals surface area contributed by atoms with Gasteiger partial charge in [0.1, 0.15) is 5.76 Å². The van der Waals surface area contributed by atoms with Crippen LogP contribution in [0.1, 0.15) is 21.8 Å². The first-order chi connectivity index (χ1) is 13.5. The van der Waals surface area contributed by atoms with Crippen LogP contribution in [0.5, 0.6) is 11.5 Å². The molecule has 1 aromatic heterocycles. The van der Waals surface area contributed by atoms with Crippen molar-refractivity contribution >= 4 is 17.5 Å². The van der Waals surface area contributed by atoms with Gasteiger partial charge in [0.05, 0.1) is 19.8 Å². The van der Waals surface area contributed by atoms with E-state index in [4.69, 9.17) is 25.6 Å². The molecule has 0 aliphatic carbocycles. The minimum Gasteiger partial charge on any atom is -0.493 e. The Labute approximate surface area is 168 Å². The molecule has 1 N–H and O–H groups in total. The van der Waals surface area contributed by atoms with Gasteiger partial charge in [0.2, 0.25) is 0 Å². The minimum atomic E-state index is -0.313. The van der Waals surface area contributed by atoms with Crippen molar-refractivity contribution in [2.45, 2.75) is 13.3 Å². The highest BCUT2D eigenvalue weighted by molar-refractivity contribution is 6.33. The van der Waals surface area contributed by atoms with E-state index in [1.807, 2.05) is 36.4 Å². The number of aromatic nitrogens is 1. The molecule has 3 aromatic rings. The van der Waals surface area contributed by atoms with Crippen LogP contribution >= 0.6 is 11.6 Å². The van der Waals surface area contributed by atoms with Crippen LogP contribution in [0.15, 0.2) is 47.0 Å². The lowest BCUT2D eigenvalue weighted by Gasteiger charge is -2.10. The van der Waals surface area contributed by atoms with Crippen LogP contribution in [0.2, 0.25) is 5.02 Å². The molecule has 0 bridgehead atoms. The van der Waals surface area contributed by atoms with E-state index >= 15 is 0 Å². The average Bonchev–Trinajstić information content (AvgIpc) is 3.09. The number of amides is 1. The second-order valence-corrected chi connectivity index (χ2v) is 6.54. The van der Waals surface area contributed by atoms with Crippen LogP contribution in [0.3, 0.4) is 0 Å². The number of rotatable bonds is 7. The second-order valence-electron chi connectivity index (χ2n) is 6.14. The van der Waals surface area contributed by atoms with E-state index in [-0.39, 0.29) is 11.6 Å². The summed E-state index contributed by atoms with van der Waals surface area (Å²) in [5.41, 5.74) is 2.56. The molecule has 0 aliphatic heterocycles. The molecule has 0 spiro atoms. The summed E-state index contributed by atoms with van der Waals surface area (Å²) >= 11 is 6.28. The van der Waals surface area contributed by atoms with E-state index < -0.39 is 0 Å². The van der Waals surface area contributed by atoms with Crippen LogP contribution in [0, 0.1) is 6.92 Å². The Hall–Kier alpha value is -2.99. The Morgan fingerprint density at radius 2 is 1.89 bits per heavy atom. The summed E-state index contributed by atoms with van der Waals surface area (Å²) in [7, 11) is 3.18. The molecule has 7 heteroatoms.